The van der Waals surface area contributed by atoms with Crippen molar-refractivity contribution in [1.82, 2.24) is 10.2 Å². The first kappa shape index (κ1) is 12.9. The predicted octanol–water partition coefficient (Wildman–Crippen LogP) is 1.22. The molecule has 0 aromatic heterocycles. The molecule has 0 bridgehead atoms. The van der Waals surface area contributed by atoms with Gasteiger partial charge in [-0.15, -0.1) is 0 Å². The summed E-state index contributed by atoms with van der Waals surface area (Å²) >= 11 is 0. The Morgan fingerprint density at radius 2 is 2.00 bits per heavy atom. The van der Waals surface area contributed by atoms with Crippen molar-refractivity contribution in [2.75, 3.05) is 19.6 Å². The number of aliphatic hydroxyl groups is 1. The van der Waals surface area contributed by atoms with Crippen molar-refractivity contribution in [2.24, 2.45) is 0 Å². The van der Waals surface area contributed by atoms with Crippen molar-refractivity contribution in [3.8, 4) is 0 Å². The molecular formula is C12H26N2O. The molecule has 0 aromatic rings. The van der Waals surface area contributed by atoms with Crippen molar-refractivity contribution in [3.63, 3.8) is 0 Å². The molecule has 1 rings (SSSR count). The molecule has 1 saturated heterocycles. The van der Waals surface area contributed by atoms with E-state index in [-0.39, 0.29) is 0 Å². The Morgan fingerprint density at radius 3 is 2.47 bits per heavy atom. The van der Waals surface area contributed by atoms with Gasteiger partial charge in [-0.2, -0.15) is 0 Å². The number of nitrogens with zero attached hydrogens (tertiary/aromatic N) is 1. The van der Waals surface area contributed by atoms with Crippen molar-refractivity contribution in [3.05, 3.63) is 0 Å². The Labute approximate surface area is 93.9 Å². The molecule has 3 heteroatoms. The van der Waals surface area contributed by atoms with Gasteiger partial charge >= 0.3 is 0 Å². The number of hydrogen-bond donors (Lipinski definition) is 2. The van der Waals surface area contributed by atoms with Crippen LogP contribution >= 0.6 is 0 Å². The first-order valence-corrected chi connectivity index (χ1v) is 6.16. The van der Waals surface area contributed by atoms with Crippen LogP contribution in [0, 0.1) is 0 Å². The van der Waals surface area contributed by atoms with Crippen LogP contribution in [-0.2, 0) is 0 Å². The molecule has 0 spiro atoms. The third-order valence-corrected chi connectivity index (χ3v) is 3.17. The van der Waals surface area contributed by atoms with E-state index in [2.05, 4.69) is 24.1 Å². The topological polar surface area (TPSA) is 35.5 Å². The lowest BCUT2D eigenvalue weighted by atomic mass is 10.0. The highest BCUT2D eigenvalue weighted by Gasteiger charge is 2.29. The Bertz CT molecular complexity index is 189. The van der Waals surface area contributed by atoms with Gasteiger partial charge in [-0.1, -0.05) is 13.8 Å². The van der Waals surface area contributed by atoms with Gasteiger partial charge in [-0.3, -0.25) is 4.90 Å². The van der Waals surface area contributed by atoms with Crippen LogP contribution in [0.15, 0.2) is 0 Å². The standard InChI is InChI=1S/C12H26N2O/c1-5-10-8-14(9-12(3,4)15)11(6-2)7-13-10/h10-11,13,15H,5-9H2,1-4H3/t10-,11+/m0/s1. The highest BCUT2D eigenvalue weighted by Crippen LogP contribution is 2.15. The third kappa shape index (κ3) is 4.09. The van der Waals surface area contributed by atoms with E-state index in [1.807, 2.05) is 13.8 Å². The van der Waals surface area contributed by atoms with E-state index in [0.29, 0.717) is 12.1 Å². The first-order valence-electron chi connectivity index (χ1n) is 6.16. The maximum absolute atomic E-state index is 9.88. The van der Waals surface area contributed by atoms with E-state index >= 15 is 0 Å². The third-order valence-electron chi connectivity index (χ3n) is 3.17. The molecule has 3 nitrogen and oxygen atoms in total. The van der Waals surface area contributed by atoms with E-state index in [9.17, 15) is 5.11 Å². The lowest BCUT2D eigenvalue weighted by molar-refractivity contribution is 0.00507. The predicted molar refractivity (Wildman–Crippen MR) is 64.0 cm³/mol. The molecule has 0 aromatic carbocycles. The molecule has 1 aliphatic heterocycles. The fourth-order valence-electron chi connectivity index (χ4n) is 2.30. The number of hydrogen-bond acceptors (Lipinski definition) is 3. The number of β-amino-alcohol motifs (C(OH)–C–C–N with tert-alkyl or cyclic N) is 1. The fourth-order valence-corrected chi connectivity index (χ4v) is 2.30. The van der Waals surface area contributed by atoms with E-state index in [0.717, 1.165) is 26.1 Å². The van der Waals surface area contributed by atoms with Crippen LogP contribution in [0.25, 0.3) is 0 Å². The number of piperazine rings is 1. The average Bonchev–Trinajstić information content (AvgIpc) is 2.15. The van der Waals surface area contributed by atoms with E-state index in [4.69, 9.17) is 0 Å². The zero-order chi connectivity index (χ0) is 11.5. The van der Waals surface area contributed by atoms with Crippen molar-refractivity contribution < 1.29 is 5.11 Å². The van der Waals surface area contributed by atoms with Crippen molar-refractivity contribution in [2.45, 2.75) is 58.2 Å². The van der Waals surface area contributed by atoms with Crippen LogP contribution in [0.2, 0.25) is 0 Å². The molecule has 90 valence electrons. The largest absolute Gasteiger partial charge is 0.389 e. The van der Waals surface area contributed by atoms with Crippen molar-refractivity contribution >= 4 is 0 Å². The normalized spacial score (nSPS) is 29.4. The molecule has 0 aliphatic carbocycles. The van der Waals surface area contributed by atoms with Crippen LogP contribution in [0.4, 0.5) is 0 Å². The van der Waals surface area contributed by atoms with Gasteiger partial charge in [0.15, 0.2) is 0 Å². The molecule has 1 fully saturated rings. The quantitative estimate of drug-likeness (QED) is 0.738. The average molecular weight is 214 g/mol. The van der Waals surface area contributed by atoms with Crippen LogP contribution in [-0.4, -0.2) is 47.3 Å². The minimum atomic E-state index is -0.580. The number of rotatable bonds is 4. The highest BCUT2D eigenvalue weighted by atomic mass is 16.3. The molecule has 2 N–H and O–H groups in total. The van der Waals surface area contributed by atoms with Crippen LogP contribution in [0.3, 0.4) is 0 Å². The zero-order valence-corrected chi connectivity index (χ0v) is 10.6. The number of nitrogens with one attached hydrogen (secondary N) is 1. The lowest BCUT2D eigenvalue weighted by Gasteiger charge is -2.42. The Morgan fingerprint density at radius 1 is 1.33 bits per heavy atom. The summed E-state index contributed by atoms with van der Waals surface area (Å²) in [5, 5.41) is 13.4. The minimum absolute atomic E-state index is 0.580. The Kier molecular flexibility index (Phi) is 4.56. The highest BCUT2D eigenvalue weighted by molar-refractivity contribution is 4.87. The second-order valence-electron chi connectivity index (χ2n) is 5.32. The summed E-state index contributed by atoms with van der Waals surface area (Å²) in [7, 11) is 0. The van der Waals surface area contributed by atoms with Gasteiger partial charge in [0.25, 0.3) is 0 Å². The molecular weight excluding hydrogens is 188 g/mol. The van der Waals surface area contributed by atoms with E-state index < -0.39 is 5.60 Å². The maximum atomic E-state index is 9.88. The summed E-state index contributed by atoms with van der Waals surface area (Å²) < 4.78 is 0. The molecule has 0 unspecified atom stereocenters. The molecule has 1 heterocycles. The summed E-state index contributed by atoms with van der Waals surface area (Å²) in [5.74, 6) is 0. The molecule has 2 atom stereocenters. The van der Waals surface area contributed by atoms with Crippen molar-refractivity contribution in [1.29, 1.82) is 0 Å². The SMILES string of the molecule is CC[C@H]1CN(CC(C)(C)O)[C@H](CC)CN1. The molecule has 0 radical (unpaired) electrons. The Hall–Kier alpha value is -0.120. The van der Waals surface area contributed by atoms with Gasteiger partial charge < -0.3 is 10.4 Å². The zero-order valence-electron chi connectivity index (χ0n) is 10.6. The van der Waals surface area contributed by atoms with E-state index in [1.54, 1.807) is 0 Å². The smallest absolute Gasteiger partial charge is 0.0718 e. The first-order chi connectivity index (χ1) is 6.96. The van der Waals surface area contributed by atoms with E-state index in [1.165, 1.54) is 6.42 Å². The van der Waals surface area contributed by atoms with Gasteiger partial charge in [-0.05, 0) is 26.7 Å². The molecule has 15 heavy (non-hydrogen) atoms. The van der Waals surface area contributed by atoms with Gasteiger partial charge in [0.05, 0.1) is 5.60 Å². The Balaban J connectivity index is 2.55. The summed E-state index contributed by atoms with van der Waals surface area (Å²) in [6, 6.07) is 1.18. The van der Waals surface area contributed by atoms with Crippen LogP contribution < -0.4 is 5.32 Å². The molecule has 0 amide bonds. The van der Waals surface area contributed by atoms with Gasteiger partial charge in [-0.25, -0.2) is 0 Å². The second-order valence-corrected chi connectivity index (χ2v) is 5.32. The molecule has 0 saturated carbocycles. The van der Waals surface area contributed by atoms with Gasteiger partial charge in [0.1, 0.15) is 0 Å². The lowest BCUT2D eigenvalue weighted by Crippen LogP contribution is -2.58. The van der Waals surface area contributed by atoms with Gasteiger partial charge in [0.2, 0.25) is 0 Å². The van der Waals surface area contributed by atoms with Crippen LogP contribution in [0.5, 0.6) is 0 Å². The maximum Gasteiger partial charge on any atom is 0.0718 e. The second kappa shape index (κ2) is 5.28. The van der Waals surface area contributed by atoms with Gasteiger partial charge in [0, 0.05) is 31.7 Å². The van der Waals surface area contributed by atoms with Crippen LogP contribution in [0.1, 0.15) is 40.5 Å². The summed E-state index contributed by atoms with van der Waals surface area (Å²) in [4.78, 5) is 2.44. The summed E-state index contributed by atoms with van der Waals surface area (Å²) in [6.07, 6.45) is 2.32. The summed E-state index contributed by atoms with van der Waals surface area (Å²) in [6.45, 7) is 11.1. The summed E-state index contributed by atoms with van der Waals surface area (Å²) in [5.41, 5.74) is -0.580. The fraction of sp³-hybridized carbons (Fsp3) is 1.00. The molecule has 1 aliphatic rings. The monoisotopic (exact) mass is 214 g/mol. The minimum Gasteiger partial charge on any atom is -0.389 e.